The quantitative estimate of drug-likeness (QED) is 0.800. The zero-order valence-corrected chi connectivity index (χ0v) is 16.2. The van der Waals surface area contributed by atoms with Crippen LogP contribution >= 0.6 is 0 Å². The largest absolute Gasteiger partial charge is 0.351 e. The Bertz CT molecular complexity index is 749. The second kappa shape index (κ2) is 8.08. The summed E-state index contributed by atoms with van der Waals surface area (Å²) in [5.74, 6) is -0.213. The number of nitrogens with one attached hydrogen (secondary N) is 2. The van der Waals surface area contributed by atoms with E-state index in [1.807, 2.05) is 19.2 Å². The lowest BCUT2D eigenvalue weighted by atomic mass is 10.1. The van der Waals surface area contributed by atoms with Crippen LogP contribution in [0.1, 0.15) is 43.4 Å². The Morgan fingerprint density at radius 2 is 1.96 bits per heavy atom. The highest BCUT2D eigenvalue weighted by Gasteiger charge is 2.29. The lowest BCUT2D eigenvalue weighted by Gasteiger charge is -2.20. The molecule has 0 saturated carbocycles. The van der Waals surface area contributed by atoms with Gasteiger partial charge in [-0.2, -0.15) is 0 Å². The summed E-state index contributed by atoms with van der Waals surface area (Å²) < 4.78 is 0. The number of carbonyl (C=O) groups excluding carboxylic acids is 3. The Morgan fingerprint density at radius 1 is 1.22 bits per heavy atom. The summed E-state index contributed by atoms with van der Waals surface area (Å²) in [6, 6.07) is 5.53. The Morgan fingerprint density at radius 3 is 2.63 bits per heavy atom. The van der Waals surface area contributed by atoms with Gasteiger partial charge >= 0.3 is 0 Å². The maximum absolute atomic E-state index is 12.5. The van der Waals surface area contributed by atoms with Crippen LogP contribution in [0.2, 0.25) is 0 Å². The summed E-state index contributed by atoms with van der Waals surface area (Å²) in [6.45, 7) is 5.66. The lowest BCUT2D eigenvalue weighted by molar-refractivity contribution is -0.136. The van der Waals surface area contributed by atoms with Gasteiger partial charge in [0.2, 0.25) is 17.7 Å². The summed E-state index contributed by atoms with van der Waals surface area (Å²) >= 11 is 0. The molecule has 27 heavy (non-hydrogen) atoms. The summed E-state index contributed by atoms with van der Waals surface area (Å²) in [4.78, 5) is 39.8. The van der Waals surface area contributed by atoms with Gasteiger partial charge in [-0.05, 0) is 50.0 Å². The molecule has 1 unspecified atom stereocenters. The van der Waals surface area contributed by atoms with Gasteiger partial charge in [-0.15, -0.1) is 0 Å². The molecule has 1 fully saturated rings. The molecule has 1 saturated heterocycles. The molecule has 0 aliphatic carbocycles. The van der Waals surface area contributed by atoms with Crippen LogP contribution in [-0.2, 0) is 34.0 Å². The highest BCUT2D eigenvalue weighted by Crippen LogP contribution is 2.24. The molecule has 2 heterocycles. The predicted octanol–water partition coefficient (Wildman–Crippen LogP) is 0.764. The fraction of sp³-hybridized carbons (Fsp3) is 0.550. The number of likely N-dealkylation sites (N-methyl/N-ethyl adjacent to an activating group) is 1. The van der Waals surface area contributed by atoms with Gasteiger partial charge in [-0.3, -0.25) is 19.3 Å². The van der Waals surface area contributed by atoms with E-state index in [0.717, 1.165) is 36.1 Å². The molecule has 2 aliphatic heterocycles. The minimum absolute atomic E-state index is 0.0252. The fourth-order valence-electron chi connectivity index (χ4n) is 3.90. The van der Waals surface area contributed by atoms with Crippen molar-refractivity contribution in [2.24, 2.45) is 0 Å². The SMILES string of the molecule is CC(=O)NC(C)C(=O)N1Cc2ccc(CNC(=O)[C@H]3CCCN3C)cc2C1. The lowest BCUT2D eigenvalue weighted by Crippen LogP contribution is -2.44. The number of likely N-dealkylation sites (tertiary alicyclic amines) is 1. The van der Waals surface area contributed by atoms with E-state index in [4.69, 9.17) is 0 Å². The monoisotopic (exact) mass is 372 g/mol. The van der Waals surface area contributed by atoms with Gasteiger partial charge < -0.3 is 15.5 Å². The second-order valence-electron chi connectivity index (χ2n) is 7.58. The van der Waals surface area contributed by atoms with E-state index in [2.05, 4.69) is 21.6 Å². The Balaban J connectivity index is 1.57. The number of hydrogen-bond donors (Lipinski definition) is 2. The third kappa shape index (κ3) is 4.47. The minimum atomic E-state index is -0.529. The third-order valence-electron chi connectivity index (χ3n) is 5.38. The van der Waals surface area contributed by atoms with Crippen LogP contribution in [0.3, 0.4) is 0 Å². The highest BCUT2D eigenvalue weighted by molar-refractivity contribution is 5.87. The van der Waals surface area contributed by atoms with Crippen LogP contribution in [0.4, 0.5) is 0 Å². The van der Waals surface area contributed by atoms with Crippen molar-refractivity contribution in [3.05, 3.63) is 34.9 Å². The molecule has 3 rings (SSSR count). The molecule has 1 aromatic carbocycles. The van der Waals surface area contributed by atoms with E-state index in [-0.39, 0.29) is 23.8 Å². The number of amides is 3. The summed E-state index contributed by atoms with van der Waals surface area (Å²) in [6.07, 6.45) is 1.98. The molecular formula is C20H28N4O3. The van der Waals surface area contributed by atoms with E-state index in [1.165, 1.54) is 6.92 Å². The molecule has 7 nitrogen and oxygen atoms in total. The summed E-state index contributed by atoms with van der Waals surface area (Å²) in [5.41, 5.74) is 3.25. The van der Waals surface area contributed by atoms with Crippen LogP contribution in [0.25, 0.3) is 0 Å². The van der Waals surface area contributed by atoms with Crippen LogP contribution in [-0.4, -0.2) is 53.2 Å². The van der Waals surface area contributed by atoms with Crippen LogP contribution in [0, 0.1) is 0 Å². The average Bonchev–Trinajstić information content (AvgIpc) is 3.23. The molecule has 0 radical (unpaired) electrons. The zero-order chi connectivity index (χ0) is 19.6. The summed E-state index contributed by atoms with van der Waals surface area (Å²) in [5, 5.41) is 5.67. The maximum atomic E-state index is 12.5. The topological polar surface area (TPSA) is 81.8 Å². The number of fused-ring (bicyclic) bond motifs is 1. The fourth-order valence-corrected chi connectivity index (χ4v) is 3.90. The number of nitrogens with zero attached hydrogens (tertiary/aromatic N) is 2. The number of rotatable bonds is 5. The van der Waals surface area contributed by atoms with Crippen molar-refractivity contribution in [2.45, 2.75) is 58.4 Å². The van der Waals surface area contributed by atoms with E-state index >= 15 is 0 Å². The van der Waals surface area contributed by atoms with Crippen LogP contribution < -0.4 is 10.6 Å². The van der Waals surface area contributed by atoms with Crippen LogP contribution in [0.5, 0.6) is 0 Å². The van der Waals surface area contributed by atoms with Crippen molar-refractivity contribution in [3.8, 4) is 0 Å². The first kappa shape index (κ1) is 19.4. The normalized spacial score (nSPS) is 20.3. The van der Waals surface area contributed by atoms with E-state index in [0.29, 0.717) is 19.6 Å². The van der Waals surface area contributed by atoms with Crippen molar-refractivity contribution in [1.82, 2.24) is 20.4 Å². The molecule has 0 spiro atoms. The Labute approximate surface area is 160 Å². The van der Waals surface area contributed by atoms with Gasteiger partial charge in [0.1, 0.15) is 6.04 Å². The van der Waals surface area contributed by atoms with Crippen molar-refractivity contribution in [3.63, 3.8) is 0 Å². The van der Waals surface area contributed by atoms with Gasteiger partial charge in [0, 0.05) is 26.6 Å². The average molecular weight is 372 g/mol. The van der Waals surface area contributed by atoms with Gasteiger partial charge in [0.05, 0.1) is 6.04 Å². The number of carbonyl (C=O) groups is 3. The van der Waals surface area contributed by atoms with Crippen LogP contribution in [0.15, 0.2) is 18.2 Å². The van der Waals surface area contributed by atoms with Gasteiger partial charge in [0.15, 0.2) is 0 Å². The van der Waals surface area contributed by atoms with E-state index < -0.39 is 6.04 Å². The molecule has 2 atom stereocenters. The molecule has 146 valence electrons. The number of hydrogen-bond acceptors (Lipinski definition) is 4. The third-order valence-corrected chi connectivity index (χ3v) is 5.38. The van der Waals surface area contributed by atoms with Gasteiger partial charge in [-0.1, -0.05) is 18.2 Å². The smallest absolute Gasteiger partial charge is 0.245 e. The Kier molecular flexibility index (Phi) is 5.79. The Hall–Kier alpha value is -2.41. The molecule has 1 aromatic rings. The van der Waals surface area contributed by atoms with E-state index in [9.17, 15) is 14.4 Å². The van der Waals surface area contributed by atoms with Crippen molar-refractivity contribution >= 4 is 17.7 Å². The number of benzene rings is 1. The minimum Gasteiger partial charge on any atom is -0.351 e. The molecule has 3 amide bonds. The standard InChI is InChI=1S/C20H28N4O3/c1-13(22-14(2)25)20(27)24-11-16-7-6-15(9-17(16)12-24)10-21-19(26)18-5-4-8-23(18)3/h6-7,9,13,18H,4-5,8,10-12H2,1-3H3,(H,21,26)(H,22,25)/t13?,18-/m1/s1. The summed E-state index contributed by atoms with van der Waals surface area (Å²) in [7, 11) is 1.99. The first-order valence-electron chi connectivity index (χ1n) is 9.49. The molecule has 7 heteroatoms. The molecule has 2 aliphatic rings. The van der Waals surface area contributed by atoms with E-state index in [1.54, 1.807) is 11.8 Å². The molecular weight excluding hydrogens is 344 g/mol. The molecule has 2 N–H and O–H groups in total. The maximum Gasteiger partial charge on any atom is 0.245 e. The van der Waals surface area contributed by atoms with Crippen molar-refractivity contribution in [1.29, 1.82) is 0 Å². The van der Waals surface area contributed by atoms with Crippen molar-refractivity contribution < 1.29 is 14.4 Å². The molecule has 0 aromatic heterocycles. The second-order valence-corrected chi connectivity index (χ2v) is 7.58. The first-order valence-corrected chi connectivity index (χ1v) is 9.49. The zero-order valence-electron chi connectivity index (χ0n) is 16.2. The van der Waals surface area contributed by atoms with Gasteiger partial charge in [-0.25, -0.2) is 0 Å². The predicted molar refractivity (Wildman–Crippen MR) is 101 cm³/mol. The van der Waals surface area contributed by atoms with Crippen molar-refractivity contribution in [2.75, 3.05) is 13.6 Å². The highest BCUT2D eigenvalue weighted by atomic mass is 16.2. The first-order chi connectivity index (χ1) is 12.8. The van der Waals surface area contributed by atoms with Gasteiger partial charge in [0.25, 0.3) is 0 Å². The molecule has 0 bridgehead atoms.